The van der Waals surface area contributed by atoms with E-state index in [1.807, 2.05) is 12.1 Å². The van der Waals surface area contributed by atoms with Crippen LogP contribution in [0.25, 0.3) is 71.6 Å². The first-order chi connectivity index (χ1) is 28.7. The first kappa shape index (κ1) is 36.2. The van der Waals surface area contributed by atoms with Crippen LogP contribution in [0.3, 0.4) is 0 Å². The maximum Gasteiger partial charge on any atom is 0.0461 e. The molecule has 58 heavy (non-hydrogen) atoms. The number of rotatable bonds is 10. The van der Waals surface area contributed by atoms with Crippen molar-refractivity contribution >= 4 is 38.5 Å². The summed E-state index contributed by atoms with van der Waals surface area (Å²) < 4.78 is 0. The lowest BCUT2D eigenvalue weighted by atomic mass is 9.89. The number of hydrogen-bond donors (Lipinski definition) is 0. The third-order valence-corrected chi connectivity index (χ3v) is 11.1. The fraction of sp³-hybridized carbons (Fsp3) is 0.0175. The van der Waals surface area contributed by atoms with Gasteiger partial charge >= 0.3 is 0 Å². The Morgan fingerprint density at radius 3 is 1.53 bits per heavy atom. The molecule has 0 N–H and O–H groups in total. The van der Waals surface area contributed by atoms with E-state index in [4.69, 9.17) is 0 Å². The van der Waals surface area contributed by atoms with Gasteiger partial charge in [-0.3, -0.25) is 0 Å². The Labute approximate surface area is 341 Å². The number of benzene rings is 9. The maximum absolute atomic E-state index is 4.20. The number of nitrogens with zero attached hydrogens (tertiary/aromatic N) is 1. The van der Waals surface area contributed by atoms with Gasteiger partial charge in [-0.1, -0.05) is 201 Å². The number of allylic oxidation sites excluding steroid dienone is 4. The predicted octanol–water partition coefficient (Wildman–Crippen LogP) is 16.0. The van der Waals surface area contributed by atoms with Gasteiger partial charge in [0.25, 0.3) is 0 Å². The molecule has 0 aromatic heterocycles. The molecule has 0 bridgehead atoms. The van der Waals surface area contributed by atoms with Gasteiger partial charge in [-0.2, -0.15) is 0 Å². The van der Waals surface area contributed by atoms with Crippen LogP contribution in [0, 0.1) is 0 Å². The molecule has 9 rings (SSSR count). The SMILES string of the molecule is C=C/C(=C\C(=C/C)N(c1ccc(-c2ccc(-c3cccc4ccccc34)c(-c3ccccc3)c2)cc1)c1ccc(-c2cccc3ccccc23)cc1)c1ccccc1. The molecule has 0 amide bonds. The van der Waals surface area contributed by atoms with Crippen LogP contribution in [0.5, 0.6) is 0 Å². The fourth-order valence-electron chi connectivity index (χ4n) is 8.12. The third kappa shape index (κ3) is 7.18. The van der Waals surface area contributed by atoms with Crippen molar-refractivity contribution in [3.8, 4) is 44.5 Å². The van der Waals surface area contributed by atoms with Crippen molar-refractivity contribution in [2.75, 3.05) is 4.90 Å². The highest BCUT2D eigenvalue weighted by Crippen LogP contribution is 2.40. The lowest BCUT2D eigenvalue weighted by Gasteiger charge is -2.27. The smallest absolute Gasteiger partial charge is 0.0461 e. The van der Waals surface area contributed by atoms with Crippen molar-refractivity contribution in [2.24, 2.45) is 0 Å². The van der Waals surface area contributed by atoms with E-state index >= 15 is 0 Å². The minimum Gasteiger partial charge on any atom is -0.311 e. The Morgan fingerprint density at radius 2 is 0.914 bits per heavy atom. The molecule has 0 saturated carbocycles. The van der Waals surface area contributed by atoms with E-state index < -0.39 is 0 Å². The average Bonchev–Trinajstić information content (AvgIpc) is 3.30. The van der Waals surface area contributed by atoms with Gasteiger partial charge < -0.3 is 4.90 Å². The molecule has 9 aromatic carbocycles. The molecule has 0 unspecified atom stereocenters. The molecule has 0 aliphatic rings. The van der Waals surface area contributed by atoms with Crippen molar-refractivity contribution in [1.82, 2.24) is 0 Å². The van der Waals surface area contributed by atoms with Gasteiger partial charge in [-0.15, -0.1) is 0 Å². The maximum atomic E-state index is 4.20. The van der Waals surface area contributed by atoms with E-state index in [0.717, 1.165) is 33.8 Å². The second-order valence-corrected chi connectivity index (χ2v) is 14.5. The van der Waals surface area contributed by atoms with Crippen molar-refractivity contribution in [3.05, 3.63) is 248 Å². The summed E-state index contributed by atoms with van der Waals surface area (Å²) in [6, 6.07) is 76.4. The lowest BCUT2D eigenvalue weighted by molar-refractivity contribution is 1.20. The van der Waals surface area contributed by atoms with Crippen LogP contribution in [0.1, 0.15) is 12.5 Å². The summed E-state index contributed by atoms with van der Waals surface area (Å²) in [5.41, 5.74) is 15.0. The van der Waals surface area contributed by atoms with E-state index in [0.29, 0.717) is 0 Å². The van der Waals surface area contributed by atoms with Crippen LogP contribution in [0.15, 0.2) is 243 Å². The second-order valence-electron chi connectivity index (χ2n) is 14.5. The molecule has 0 aliphatic heterocycles. The van der Waals surface area contributed by atoms with Crippen LogP contribution in [-0.2, 0) is 0 Å². The van der Waals surface area contributed by atoms with Crippen LogP contribution in [-0.4, -0.2) is 0 Å². The van der Waals surface area contributed by atoms with Gasteiger partial charge in [0.05, 0.1) is 0 Å². The van der Waals surface area contributed by atoms with Crippen molar-refractivity contribution in [1.29, 1.82) is 0 Å². The van der Waals surface area contributed by atoms with Gasteiger partial charge in [-0.05, 0) is 121 Å². The molecule has 0 heterocycles. The first-order valence-electron chi connectivity index (χ1n) is 19.9. The number of hydrogen-bond acceptors (Lipinski definition) is 1. The highest BCUT2D eigenvalue weighted by Gasteiger charge is 2.17. The van der Waals surface area contributed by atoms with Gasteiger partial charge in [0.2, 0.25) is 0 Å². The van der Waals surface area contributed by atoms with Gasteiger partial charge in [-0.25, -0.2) is 0 Å². The molecule has 0 atom stereocenters. The van der Waals surface area contributed by atoms with Crippen LogP contribution < -0.4 is 4.90 Å². The topological polar surface area (TPSA) is 3.24 Å². The van der Waals surface area contributed by atoms with Crippen molar-refractivity contribution in [2.45, 2.75) is 6.92 Å². The Hall–Kier alpha value is -7.48. The van der Waals surface area contributed by atoms with Crippen LogP contribution >= 0.6 is 0 Å². The summed E-state index contributed by atoms with van der Waals surface area (Å²) in [5.74, 6) is 0. The largest absolute Gasteiger partial charge is 0.311 e. The average molecular weight is 742 g/mol. The van der Waals surface area contributed by atoms with E-state index in [9.17, 15) is 0 Å². The van der Waals surface area contributed by atoms with Gasteiger partial charge in [0, 0.05) is 17.1 Å². The molecule has 276 valence electrons. The molecular weight excluding hydrogens is 699 g/mol. The standard InChI is InChI=1S/C57H43N/c1-3-41(42-17-7-5-8-18-42)39-49(4-2)58(51-36-31-47(32-37-51)53-27-15-23-44-21-11-13-25-52(44)53)50-34-29-43(30-35-50)48-33-38-56(57(40-48)46-19-9-6-10-20-46)55-28-16-24-45-22-12-14-26-54(45)55/h3-40H,1H2,2H3/b41-39+,49-4+. The zero-order valence-electron chi connectivity index (χ0n) is 32.6. The highest BCUT2D eigenvalue weighted by atomic mass is 15.1. The molecule has 9 aromatic rings. The lowest BCUT2D eigenvalue weighted by Crippen LogP contribution is -2.15. The Morgan fingerprint density at radius 1 is 0.414 bits per heavy atom. The van der Waals surface area contributed by atoms with Gasteiger partial charge in [0.15, 0.2) is 0 Å². The quantitative estimate of drug-likeness (QED) is 0.126. The molecular formula is C57H43N. The summed E-state index contributed by atoms with van der Waals surface area (Å²) >= 11 is 0. The summed E-state index contributed by atoms with van der Waals surface area (Å²) in [4.78, 5) is 2.34. The summed E-state index contributed by atoms with van der Waals surface area (Å²) in [5, 5.41) is 4.99. The minimum atomic E-state index is 1.05. The normalized spacial score (nSPS) is 11.8. The summed E-state index contributed by atoms with van der Waals surface area (Å²) in [6.45, 7) is 6.30. The van der Waals surface area contributed by atoms with E-state index in [-0.39, 0.29) is 0 Å². The van der Waals surface area contributed by atoms with E-state index in [1.54, 1.807) is 0 Å². The first-order valence-corrected chi connectivity index (χ1v) is 19.9. The molecule has 0 fully saturated rings. The zero-order valence-corrected chi connectivity index (χ0v) is 32.6. The second kappa shape index (κ2) is 16.3. The fourth-order valence-corrected chi connectivity index (χ4v) is 8.12. The molecule has 0 spiro atoms. The van der Waals surface area contributed by atoms with Crippen LogP contribution in [0.4, 0.5) is 11.4 Å². The zero-order chi connectivity index (χ0) is 39.3. The number of anilines is 2. The minimum absolute atomic E-state index is 1.05. The Kier molecular flexibility index (Phi) is 10.2. The molecule has 1 nitrogen and oxygen atoms in total. The summed E-state index contributed by atoms with van der Waals surface area (Å²) in [6.07, 6.45) is 6.35. The Bertz CT molecular complexity index is 2920. The molecule has 0 saturated heterocycles. The predicted molar refractivity (Wildman–Crippen MR) is 250 cm³/mol. The molecule has 0 aliphatic carbocycles. The van der Waals surface area contributed by atoms with Crippen LogP contribution in [0.2, 0.25) is 0 Å². The van der Waals surface area contributed by atoms with Crippen molar-refractivity contribution in [3.63, 3.8) is 0 Å². The highest BCUT2D eigenvalue weighted by molar-refractivity contribution is 6.01. The Balaban J connectivity index is 1.13. The monoisotopic (exact) mass is 741 g/mol. The summed E-state index contributed by atoms with van der Waals surface area (Å²) in [7, 11) is 0. The van der Waals surface area contributed by atoms with E-state index in [1.165, 1.54) is 60.5 Å². The van der Waals surface area contributed by atoms with E-state index in [2.05, 4.69) is 237 Å². The number of fused-ring (bicyclic) bond motifs is 2. The van der Waals surface area contributed by atoms with Crippen molar-refractivity contribution < 1.29 is 0 Å². The van der Waals surface area contributed by atoms with Gasteiger partial charge in [0.1, 0.15) is 0 Å². The molecule has 0 radical (unpaired) electrons. The third-order valence-electron chi connectivity index (χ3n) is 11.1. The molecule has 1 heteroatoms.